The van der Waals surface area contributed by atoms with Gasteiger partial charge in [-0.15, -0.1) is 24.0 Å². The molecule has 0 aliphatic carbocycles. The van der Waals surface area contributed by atoms with E-state index in [2.05, 4.69) is 20.6 Å². The number of aromatic nitrogens is 1. The zero-order chi connectivity index (χ0) is 18.9. The Labute approximate surface area is 177 Å². The molecule has 0 fully saturated rings. The van der Waals surface area contributed by atoms with E-state index in [1.165, 1.54) is 0 Å². The first-order chi connectivity index (χ1) is 12.5. The Bertz CT molecular complexity index is 763. The van der Waals surface area contributed by atoms with Crippen molar-refractivity contribution in [3.8, 4) is 5.88 Å². The van der Waals surface area contributed by atoms with Gasteiger partial charge in [0.15, 0.2) is 5.96 Å². The number of ether oxygens (including phenoxy) is 1. The first-order valence-corrected chi connectivity index (χ1v) is 8.28. The third-order valence-corrected chi connectivity index (χ3v) is 3.72. The van der Waals surface area contributed by atoms with Crippen molar-refractivity contribution in [3.05, 3.63) is 59.3 Å². The molecule has 0 unspecified atom stereocenters. The fraction of sp³-hybridized carbons (Fsp3) is 0.316. The minimum Gasteiger partial charge on any atom is -0.481 e. The summed E-state index contributed by atoms with van der Waals surface area (Å²) < 4.78 is 5.12. The topological polar surface area (TPSA) is 78.9 Å². The summed E-state index contributed by atoms with van der Waals surface area (Å²) in [7, 11) is 6.79. The molecule has 8 heteroatoms. The number of aliphatic imine (C=N–C) groups is 1. The molecule has 0 bridgehead atoms. The summed E-state index contributed by atoms with van der Waals surface area (Å²) in [5.74, 6) is 1.25. The maximum Gasteiger partial charge on any atom is 0.253 e. The van der Waals surface area contributed by atoms with Gasteiger partial charge in [0.1, 0.15) is 0 Å². The van der Waals surface area contributed by atoms with E-state index in [-0.39, 0.29) is 29.9 Å². The van der Waals surface area contributed by atoms with Gasteiger partial charge in [0.25, 0.3) is 5.91 Å². The van der Waals surface area contributed by atoms with E-state index in [0.717, 1.165) is 11.3 Å². The van der Waals surface area contributed by atoms with Gasteiger partial charge >= 0.3 is 0 Å². The third kappa shape index (κ3) is 7.05. The Morgan fingerprint density at radius 1 is 1.11 bits per heavy atom. The highest BCUT2D eigenvalue weighted by atomic mass is 127. The van der Waals surface area contributed by atoms with Crippen molar-refractivity contribution in [3.63, 3.8) is 0 Å². The van der Waals surface area contributed by atoms with Crippen LogP contribution in [-0.4, -0.2) is 50.0 Å². The number of benzene rings is 1. The fourth-order valence-corrected chi connectivity index (χ4v) is 2.27. The molecule has 146 valence electrons. The highest BCUT2D eigenvalue weighted by Gasteiger charge is 2.07. The second kappa shape index (κ2) is 11.4. The van der Waals surface area contributed by atoms with Crippen LogP contribution in [-0.2, 0) is 13.1 Å². The molecule has 2 rings (SSSR count). The predicted molar refractivity (Wildman–Crippen MR) is 118 cm³/mol. The van der Waals surface area contributed by atoms with Gasteiger partial charge in [-0.05, 0) is 23.8 Å². The molecule has 0 aliphatic heterocycles. The molecular weight excluding hydrogens is 457 g/mol. The van der Waals surface area contributed by atoms with E-state index in [9.17, 15) is 4.79 Å². The molecule has 2 N–H and O–H groups in total. The molecule has 2 aromatic rings. The van der Waals surface area contributed by atoms with Crippen molar-refractivity contribution in [2.45, 2.75) is 13.1 Å². The number of hydrogen-bond donors (Lipinski definition) is 2. The minimum atomic E-state index is -0.00669. The molecule has 0 aliphatic rings. The van der Waals surface area contributed by atoms with Crippen LogP contribution in [0, 0.1) is 0 Å². The monoisotopic (exact) mass is 483 g/mol. The van der Waals surface area contributed by atoms with E-state index < -0.39 is 0 Å². The number of amides is 1. The Morgan fingerprint density at radius 2 is 1.78 bits per heavy atom. The van der Waals surface area contributed by atoms with Crippen LogP contribution in [0.1, 0.15) is 21.6 Å². The van der Waals surface area contributed by atoms with Gasteiger partial charge in [0.05, 0.1) is 19.3 Å². The van der Waals surface area contributed by atoms with Crippen molar-refractivity contribution in [2.75, 3.05) is 28.3 Å². The molecule has 1 aromatic heterocycles. The number of carbonyl (C=O) groups excluding carboxylic acids is 1. The van der Waals surface area contributed by atoms with Crippen molar-refractivity contribution in [2.24, 2.45) is 4.99 Å². The van der Waals surface area contributed by atoms with Gasteiger partial charge in [-0.3, -0.25) is 9.79 Å². The zero-order valence-corrected chi connectivity index (χ0v) is 18.4. The molecule has 27 heavy (non-hydrogen) atoms. The minimum absolute atomic E-state index is 0. The lowest BCUT2D eigenvalue weighted by Gasteiger charge is -2.13. The number of nitrogens with one attached hydrogen (secondary N) is 2. The zero-order valence-electron chi connectivity index (χ0n) is 16.0. The van der Waals surface area contributed by atoms with Crippen LogP contribution in [0.5, 0.6) is 5.88 Å². The highest BCUT2D eigenvalue weighted by molar-refractivity contribution is 14.0. The number of methoxy groups -OCH3 is 1. The molecule has 7 nitrogen and oxygen atoms in total. The van der Waals surface area contributed by atoms with Crippen molar-refractivity contribution < 1.29 is 9.53 Å². The quantitative estimate of drug-likeness (QED) is 0.375. The summed E-state index contributed by atoms with van der Waals surface area (Å²) in [5, 5.41) is 6.45. The van der Waals surface area contributed by atoms with E-state index >= 15 is 0 Å². The van der Waals surface area contributed by atoms with E-state index in [1.54, 1.807) is 39.2 Å². The fourth-order valence-electron chi connectivity index (χ4n) is 2.27. The van der Waals surface area contributed by atoms with Crippen molar-refractivity contribution in [1.82, 2.24) is 20.5 Å². The summed E-state index contributed by atoms with van der Waals surface area (Å²) in [6, 6.07) is 13.1. The largest absolute Gasteiger partial charge is 0.481 e. The highest BCUT2D eigenvalue weighted by Crippen LogP contribution is 2.07. The summed E-state index contributed by atoms with van der Waals surface area (Å²) in [6.45, 7) is 1.13. The van der Waals surface area contributed by atoms with Gasteiger partial charge in [-0.25, -0.2) is 4.98 Å². The number of rotatable bonds is 6. The second-order valence-corrected chi connectivity index (χ2v) is 5.85. The second-order valence-electron chi connectivity index (χ2n) is 5.85. The van der Waals surface area contributed by atoms with Gasteiger partial charge in [0, 0.05) is 39.3 Å². The molecule has 0 radical (unpaired) electrons. The maximum absolute atomic E-state index is 11.9. The van der Waals surface area contributed by atoms with Crippen molar-refractivity contribution >= 4 is 35.8 Å². The first-order valence-electron chi connectivity index (χ1n) is 8.28. The average Bonchev–Trinajstić information content (AvgIpc) is 2.68. The normalized spacial score (nSPS) is 10.6. The Morgan fingerprint density at radius 3 is 2.37 bits per heavy atom. The standard InChI is InChI=1S/C19H25N5O2.HI/c1-20-19(22-13-16-6-5-7-17(23-16)26-4)21-12-14-8-10-15(11-9-14)18(25)24(2)3;/h5-11H,12-13H2,1-4H3,(H2,20,21,22);1H. The Balaban J connectivity index is 0.00000364. The van der Waals surface area contributed by atoms with Crippen LogP contribution >= 0.6 is 24.0 Å². The number of hydrogen-bond acceptors (Lipinski definition) is 4. The van der Waals surface area contributed by atoms with E-state index in [1.807, 2.05) is 36.4 Å². The summed E-state index contributed by atoms with van der Waals surface area (Å²) in [6.07, 6.45) is 0. The lowest BCUT2D eigenvalue weighted by atomic mass is 10.1. The molecule has 1 amide bonds. The SMILES string of the molecule is CN=C(NCc1ccc(C(=O)N(C)C)cc1)NCc1cccc(OC)n1.I. The van der Waals surface area contributed by atoms with Crippen molar-refractivity contribution in [1.29, 1.82) is 0 Å². The summed E-state index contributed by atoms with van der Waals surface area (Å²) in [4.78, 5) is 22.0. The Hall–Kier alpha value is -2.36. The molecule has 1 aromatic carbocycles. The van der Waals surface area contributed by atoms with Gasteiger partial charge in [-0.2, -0.15) is 0 Å². The maximum atomic E-state index is 11.9. The molecule has 0 spiro atoms. The first kappa shape index (κ1) is 22.7. The lowest BCUT2D eigenvalue weighted by Crippen LogP contribution is -2.36. The molecular formula is C19H26IN5O2. The lowest BCUT2D eigenvalue weighted by molar-refractivity contribution is 0.0827. The van der Waals surface area contributed by atoms with E-state index in [4.69, 9.17) is 4.74 Å². The van der Waals surface area contributed by atoms with Gasteiger partial charge < -0.3 is 20.3 Å². The van der Waals surface area contributed by atoms with E-state index in [0.29, 0.717) is 30.5 Å². The van der Waals surface area contributed by atoms with Crippen LogP contribution in [0.2, 0.25) is 0 Å². The summed E-state index contributed by atoms with van der Waals surface area (Å²) in [5.41, 5.74) is 2.59. The third-order valence-electron chi connectivity index (χ3n) is 3.72. The molecule has 0 saturated heterocycles. The van der Waals surface area contributed by atoms with Crippen LogP contribution in [0.3, 0.4) is 0 Å². The number of guanidine groups is 1. The number of halogens is 1. The van der Waals surface area contributed by atoms with Crippen LogP contribution in [0.25, 0.3) is 0 Å². The average molecular weight is 483 g/mol. The molecule has 1 heterocycles. The number of carbonyl (C=O) groups is 1. The number of nitrogens with zero attached hydrogens (tertiary/aromatic N) is 3. The molecule has 0 atom stereocenters. The predicted octanol–water partition coefficient (Wildman–Crippen LogP) is 2.28. The molecule has 0 saturated carbocycles. The van der Waals surface area contributed by atoms with Crippen LogP contribution in [0.15, 0.2) is 47.5 Å². The Kier molecular flexibility index (Phi) is 9.55. The van der Waals surface area contributed by atoms with Gasteiger partial charge in [0.2, 0.25) is 5.88 Å². The summed E-state index contributed by atoms with van der Waals surface area (Å²) >= 11 is 0. The van der Waals surface area contributed by atoms with Gasteiger partial charge in [-0.1, -0.05) is 18.2 Å². The van der Waals surface area contributed by atoms with Crippen LogP contribution < -0.4 is 15.4 Å². The smallest absolute Gasteiger partial charge is 0.253 e. The van der Waals surface area contributed by atoms with Crippen LogP contribution in [0.4, 0.5) is 0 Å². The number of pyridine rings is 1.